The zero-order valence-electron chi connectivity index (χ0n) is 14.1. The van der Waals surface area contributed by atoms with Crippen LogP contribution in [0, 0.1) is 0 Å². The largest absolute Gasteiger partial charge is 0.373 e. The molecule has 1 aliphatic rings. The van der Waals surface area contributed by atoms with E-state index in [1.165, 1.54) is 4.31 Å². The Kier molecular flexibility index (Phi) is 5.19. The highest BCUT2D eigenvalue weighted by Gasteiger charge is 2.30. The van der Waals surface area contributed by atoms with Crippen LogP contribution in [-0.2, 0) is 21.5 Å². The number of morpholine rings is 1. The Morgan fingerprint density at radius 3 is 2.71 bits per heavy atom. The molecule has 3 rings (SSSR count). The van der Waals surface area contributed by atoms with Gasteiger partial charge >= 0.3 is 0 Å². The third kappa shape index (κ3) is 3.94. The average Bonchev–Trinajstić information content (AvgIpc) is 2.94. The number of aryl methyl sites for hydroxylation is 1. The average molecular weight is 352 g/mol. The minimum atomic E-state index is -3.45. The summed E-state index contributed by atoms with van der Waals surface area (Å²) < 4.78 is 36.6. The van der Waals surface area contributed by atoms with Gasteiger partial charge in [-0.25, -0.2) is 9.71 Å². The number of nitrogens with one attached hydrogen (secondary N) is 1. The lowest BCUT2D eigenvalue weighted by molar-refractivity contribution is -0.0443. The van der Waals surface area contributed by atoms with E-state index >= 15 is 0 Å². The molecule has 24 heavy (non-hydrogen) atoms. The van der Waals surface area contributed by atoms with Gasteiger partial charge in [0.15, 0.2) is 0 Å². The fraction of sp³-hybridized carbons (Fsp3) is 0.562. The predicted molar refractivity (Wildman–Crippen MR) is 92.9 cm³/mol. The lowest BCUT2D eigenvalue weighted by atomic mass is 10.3. The Hall–Kier alpha value is -1.48. The number of para-hydroxylation sites is 2. The van der Waals surface area contributed by atoms with Crippen LogP contribution in [-0.4, -0.2) is 54.1 Å². The Morgan fingerprint density at radius 1 is 1.25 bits per heavy atom. The summed E-state index contributed by atoms with van der Waals surface area (Å²) in [6, 6.07) is 7.92. The molecule has 1 N–H and O–H groups in total. The van der Waals surface area contributed by atoms with Gasteiger partial charge < -0.3 is 9.30 Å². The van der Waals surface area contributed by atoms with Crippen LogP contribution < -0.4 is 4.72 Å². The van der Waals surface area contributed by atoms with Crippen LogP contribution >= 0.6 is 0 Å². The minimum Gasteiger partial charge on any atom is -0.373 e. The van der Waals surface area contributed by atoms with Crippen LogP contribution in [0.15, 0.2) is 30.6 Å². The van der Waals surface area contributed by atoms with E-state index in [0.29, 0.717) is 26.1 Å². The Bertz CT molecular complexity index is 779. The molecule has 132 valence electrons. The normalized spacial score (nSPS) is 22.9. The predicted octanol–water partition coefficient (Wildman–Crippen LogP) is 1.37. The number of nitrogens with zero attached hydrogens (tertiary/aromatic N) is 3. The first-order valence-corrected chi connectivity index (χ1v) is 9.70. The maximum absolute atomic E-state index is 12.4. The number of rotatable bonds is 6. The van der Waals surface area contributed by atoms with E-state index in [9.17, 15) is 8.42 Å². The van der Waals surface area contributed by atoms with E-state index in [1.54, 1.807) is 6.33 Å². The molecule has 8 heteroatoms. The van der Waals surface area contributed by atoms with Gasteiger partial charge in [0.05, 0.1) is 29.6 Å². The highest BCUT2D eigenvalue weighted by Crippen LogP contribution is 2.14. The highest BCUT2D eigenvalue weighted by molar-refractivity contribution is 7.87. The smallest absolute Gasteiger partial charge is 0.279 e. The third-order valence-electron chi connectivity index (χ3n) is 4.11. The topological polar surface area (TPSA) is 76.5 Å². The highest BCUT2D eigenvalue weighted by atomic mass is 32.2. The summed E-state index contributed by atoms with van der Waals surface area (Å²) in [5.41, 5.74) is 2.02. The van der Waals surface area contributed by atoms with Crippen LogP contribution in [0.25, 0.3) is 11.0 Å². The fourth-order valence-corrected chi connectivity index (χ4v) is 4.45. The van der Waals surface area contributed by atoms with Crippen LogP contribution in [0.1, 0.15) is 20.3 Å². The van der Waals surface area contributed by atoms with Gasteiger partial charge in [0, 0.05) is 26.2 Å². The van der Waals surface area contributed by atoms with Crippen molar-refractivity contribution >= 4 is 21.2 Å². The zero-order valence-corrected chi connectivity index (χ0v) is 14.9. The maximum atomic E-state index is 12.4. The first-order chi connectivity index (χ1) is 11.5. The van der Waals surface area contributed by atoms with E-state index in [1.807, 2.05) is 42.7 Å². The van der Waals surface area contributed by atoms with Crippen molar-refractivity contribution in [3.05, 3.63) is 30.6 Å². The van der Waals surface area contributed by atoms with Crippen molar-refractivity contribution in [1.82, 2.24) is 18.6 Å². The number of imidazole rings is 1. The van der Waals surface area contributed by atoms with E-state index in [2.05, 4.69) is 9.71 Å². The minimum absolute atomic E-state index is 0.0809. The molecule has 2 atom stereocenters. The van der Waals surface area contributed by atoms with Gasteiger partial charge in [-0.1, -0.05) is 12.1 Å². The molecule has 1 saturated heterocycles. The Balaban J connectivity index is 1.52. The molecule has 0 saturated carbocycles. The molecular formula is C16H24N4O3S. The first-order valence-electron chi connectivity index (χ1n) is 8.26. The summed E-state index contributed by atoms with van der Waals surface area (Å²) in [6.45, 7) is 5.69. The number of fused-ring (bicyclic) bond motifs is 1. The molecule has 1 fully saturated rings. The van der Waals surface area contributed by atoms with Crippen molar-refractivity contribution in [3.63, 3.8) is 0 Å². The summed E-state index contributed by atoms with van der Waals surface area (Å²) in [5, 5.41) is 0. The Labute approximate surface area is 142 Å². The number of ether oxygens (including phenoxy) is 1. The SMILES string of the molecule is CC1CN(S(=O)(=O)NCCCn2cnc3ccccc32)CC(C)O1. The molecule has 1 aromatic carbocycles. The van der Waals surface area contributed by atoms with Crippen molar-refractivity contribution in [3.8, 4) is 0 Å². The van der Waals surface area contributed by atoms with E-state index in [0.717, 1.165) is 17.6 Å². The maximum Gasteiger partial charge on any atom is 0.279 e. The second-order valence-corrected chi connectivity index (χ2v) is 8.01. The summed E-state index contributed by atoms with van der Waals surface area (Å²) in [6.07, 6.45) is 2.34. The third-order valence-corrected chi connectivity index (χ3v) is 5.66. The lowest BCUT2D eigenvalue weighted by Crippen LogP contribution is -2.52. The van der Waals surface area contributed by atoms with Gasteiger partial charge in [0.25, 0.3) is 10.2 Å². The molecule has 0 bridgehead atoms. The molecule has 7 nitrogen and oxygen atoms in total. The fourth-order valence-electron chi connectivity index (χ4n) is 3.06. The van der Waals surface area contributed by atoms with E-state index in [-0.39, 0.29) is 12.2 Å². The van der Waals surface area contributed by atoms with Crippen molar-refractivity contribution < 1.29 is 13.2 Å². The molecule has 0 amide bonds. The van der Waals surface area contributed by atoms with Crippen LogP contribution in [0.3, 0.4) is 0 Å². The van der Waals surface area contributed by atoms with Crippen molar-refractivity contribution in [2.75, 3.05) is 19.6 Å². The van der Waals surface area contributed by atoms with Crippen molar-refractivity contribution in [2.24, 2.45) is 0 Å². The van der Waals surface area contributed by atoms with Crippen LogP contribution in [0.2, 0.25) is 0 Å². The second kappa shape index (κ2) is 7.18. The van der Waals surface area contributed by atoms with E-state index in [4.69, 9.17) is 4.74 Å². The molecule has 2 heterocycles. The number of benzene rings is 1. The monoisotopic (exact) mass is 352 g/mol. The molecule has 1 aromatic heterocycles. The lowest BCUT2D eigenvalue weighted by Gasteiger charge is -2.34. The summed E-state index contributed by atoms with van der Waals surface area (Å²) in [4.78, 5) is 4.34. The first kappa shape index (κ1) is 17.3. The molecule has 1 aliphatic heterocycles. The molecule has 0 spiro atoms. The van der Waals surface area contributed by atoms with Gasteiger partial charge in [-0.05, 0) is 32.4 Å². The number of hydrogen-bond acceptors (Lipinski definition) is 4. The number of aromatic nitrogens is 2. The van der Waals surface area contributed by atoms with Crippen LogP contribution in [0.5, 0.6) is 0 Å². The molecule has 0 radical (unpaired) electrons. The second-order valence-electron chi connectivity index (χ2n) is 6.25. The van der Waals surface area contributed by atoms with Gasteiger partial charge in [-0.2, -0.15) is 12.7 Å². The molecule has 0 aliphatic carbocycles. The molecule has 2 unspecified atom stereocenters. The zero-order chi connectivity index (χ0) is 17.2. The summed E-state index contributed by atoms with van der Waals surface area (Å²) >= 11 is 0. The number of hydrogen-bond donors (Lipinski definition) is 1. The van der Waals surface area contributed by atoms with Gasteiger partial charge in [-0.3, -0.25) is 0 Å². The Morgan fingerprint density at radius 2 is 1.96 bits per heavy atom. The van der Waals surface area contributed by atoms with Crippen molar-refractivity contribution in [1.29, 1.82) is 0 Å². The van der Waals surface area contributed by atoms with Gasteiger partial charge in [0.1, 0.15) is 0 Å². The molecular weight excluding hydrogens is 328 g/mol. The van der Waals surface area contributed by atoms with Crippen molar-refractivity contribution in [2.45, 2.75) is 39.0 Å². The summed E-state index contributed by atoms with van der Waals surface area (Å²) in [7, 11) is -3.45. The van der Waals surface area contributed by atoms with Gasteiger partial charge in [-0.15, -0.1) is 0 Å². The molecule has 2 aromatic rings. The van der Waals surface area contributed by atoms with E-state index < -0.39 is 10.2 Å². The quantitative estimate of drug-likeness (QED) is 0.797. The standard InChI is InChI=1S/C16H24N4O3S/c1-13-10-20(11-14(2)23-13)24(21,22)18-8-5-9-19-12-17-15-6-3-4-7-16(15)19/h3-4,6-7,12-14,18H,5,8-11H2,1-2H3. The van der Waals surface area contributed by atoms with Gasteiger partial charge in [0.2, 0.25) is 0 Å². The summed E-state index contributed by atoms with van der Waals surface area (Å²) in [5.74, 6) is 0. The van der Waals surface area contributed by atoms with Crippen LogP contribution in [0.4, 0.5) is 0 Å².